The number of hydrogen-bond acceptors (Lipinski definition) is 5. The molecule has 2 fully saturated rings. The van der Waals surface area contributed by atoms with E-state index in [0.717, 1.165) is 42.6 Å². The molecule has 2 saturated heterocycles. The molecule has 0 unspecified atom stereocenters. The van der Waals surface area contributed by atoms with E-state index in [4.69, 9.17) is 5.73 Å². The minimum atomic E-state index is 0.385. The van der Waals surface area contributed by atoms with Crippen LogP contribution >= 0.6 is 0 Å². The Morgan fingerprint density at radius 3 is 2.89 bits per heavy atom. The first-order valence-electron chi connectivity index (χ1n) is 6.74. The molecule has 3 heterocycles. The van der Waals surface area contributed by atoms with Crippen LogP contribution in [-0.4, -0.2) is 35.6 Å². The fourth-order valence-electron chi connectivity index (χ4n) is 3.16. The Balaban J connectivity index is 1.88. The number of anilines is 2. The van der Waals surface area contributed by atoms with Gasteiger partial charge >= 0.3 is 0 Å². The maximum absolute atomic E-state index is 5.78. The summed E-state index contributed by atoms with van der Waals surface area (Å²) in [5, 5.41) is 3.61. The van der Waals surface area contributed by atoms with E-state index in [-0.39, 0.29) is 0 Å². The predicted molar refractivity (Wildman–Crippen MR) is 72.6 cm³/mol. The van der Waals surface area contributed by atoms with E-state index in [1.165, 1.54) is 12.8 Å². The number of nitrogen functional groups attached to an aromatic ring is 1. The van der Waals surface area contributed by atoms with Gasteiger partial charge in [0.15, 0.2) is 0 Å². The molecule has 0 aromatic carbocycles. The Bertz CT molecular complexity index is 445. The third-order valence-corrected chi connectivity index (χ3v) is 4.28. The second-order valence-electron chi connectivity index (χ2n) is 5.48. The van der Waals surface area contributed by atoms with Crippen molar-refractivity contribution in [2.45, 2.75) is 32.7 Å². The Hall–Kier alpha value is -1.36. The van der Waals surface area contributed by atoms with E-state index in [1.807, 2.05) is 6.92 Å². The quantitative estimate of drug-likeness (QED) is 0.770. The monoisotopic (exact) mass is 247 g/mol. The van der Waals surface area contributed by atoms with E-state index in [0.29, 0.717) is 12.0 Å². The van der Waals surface area contributed by atoms with Crippen LogP contribution in [0.1, 0.15) is 24.1 Å². The molecule has 0 radical (unpaired) electrons. The molecule has 1 aromatic heterocycles. The third kappa shape index (κ3) is 1.92. The summed E-state index contributed by atoms with van der Waals surface area (Å²) in [6.45, 7) is 7.37. The minimum Gasteiger partial charge on any atom is -0.368 e. The Labute approximate surface area is 108 Å². The van der Waals surface area contributed by atoms with Crippen LogP contribution in [0.4, 0.5) is 11.8 Å². The molecule has 0 bridgehead atoms. The number of hydrogen-bond donors (Lipinski definition) is 2. The maximum atomic E-state index is 5.78. The van der Waals surface area contributed by atoms with E-state index < -0.39 is 0 Å². The second kappa shape index (κ2) is 4.39. The Kier molecular flexibility index (Phi) is 2.86. The van der Waals surface area contributed by atoms with E-state index in [2.05, 4.69) is 27.1 Å². The number of piperidine rings is 1. The summed E-state index contributed by atoms with van der Waals surface area (Å²) in [6, 6.07) is 0.620. The van der Waals surface area contributed by atoms with Crippen LogP contribution < -0.4 is 16.0 Å². The molecule has 0 spiro atoms. The van der Waals surface area contributed by atoms with Crippen LogP contribution in [0.2, 0.25) is 0 Å². The molecule has 0 amide bonds. The molecular weight excluding hydrogens is 226 g/mol. The Morgan fingerprint density at radius 1 is 1.28 bits per heavy atom. The summed E-state index contributed by atoms with van der Waals surface area (Å²) < 4.78 is 0. The third-order valence-electron chi connectivity index (χ3n) is 4.28. The first-order chi connectivity index (χ1) is 8.65. The fourth-order valence-corrected chi connectivity index (χ4v) is 3.16. The van der Waals surface area contributed by atoms with Gasteiger partial charge in [-0.1, -0.05) is 0 Å². The lowest BCUT2D eigenvalue weighted by Gasteiger charge is -2.24. The lowest BCUT2D eigenvalue weighted by molar-refractivity contribution is 0.340. The first-order valence-corrected chi connectivity index (χ1v) is 6.74. The normalized spacial score (nSPS) is 27.3. The number of aromatic nitrogens is 2. The van der Waals surface area contributed by atoms with Gasteiger partial charge in [-0.3, -0.25) is 0 Å². The van der Waals surface area contributed by atoms with Gasteiger partial charge < -0.3 is 16.0 Å². The second-order valence-corrected chi connectivity index (χ2v) is 5.48. The number of fused-ring (bicyclic) bond motifs is 1. The molecular formula is C13H21N5. The smallest absolute Gasteiger partial charge is 0.222 e. The van der Waals surface area contributed by atoms with Gasteiger partial charge in [0.05, 0.1) is 0 Å². The molecule has 5 nitrogen and oxygen atoms in total. The highest BCUT2D eigenvalue weighted by atomic mass is 15.3. The summed E-state index contributed by atoms with van der Waals surface area (Å²) in [4.78, 5) is 11.0. The molecule has 2 aliphatic heterocycles. The standard InChI is InChI=1S/C13H21N5/c1-8-9(2)16-13(14)17-12(8)18-6-10-4-3-5-15-11(10)7-18/h10-11,15H,3-7H2,1-2H3,(H2,14,16,17)/t10-,11+/m0/s1. The molecule has 18 heavy (non-hydrogen) atoms. The molecule has 3 rings (SSSR count). The van der Waals surface area contributed by atoms with Gasteiger partial charge in [0.1, 0.15) is 5.82 Å². The van der Waals surface area contributed by atoms with Gasteiger partial charge in [-0.2, -0.15) is 4.98 Å². The lowest BCUT2D eigenvalue weighted by atomic mass is 9.94. The van der Waals surface area contributed by atoms with Gasteiger partial charge in [0.2, 0.25) is 5.95 Å². The molecule has 5 heteroatoms. The average Bonchev–Trinajstić information content (AvgIpc) is 2.77. The number of nitrogens with two attached hydrogens (primary N) is 1. The molecule has 3 N–H and O–H groups in total. The van der Waals surface area contributed by atoms with Gasteiger partial charge in [-0.15, -0.1) is 0 Å². The van der Waals surface area contributed by atoms with Crippen molar-refractivity contribution in [3.63, 3.8) is 0 Å². The largest absolute Gasteiger partial charge is 0.368 e. The molecule has 0 saturated carbocycles. The molecule has 98 valence electrons. The molecule has 1 aromatic rings. The first kappa shape index (κ1) is 11.7. The van der Waals surface area contributed by atoms with E-state index in [9.17, 15) is 0 Å². The summed E-state index contributed by atoms with van der Waals surface area (Å²) in [6.07, 6.45) is 2.62. The van der Waals surface area contributed by atoms with Crippen molar-refractivity contribution in [2.75, 3.05) is 30.3 Å². The maximum Gasteiger partial charge on any atom is 0.222 e. The van der Waals surface area contributed by atoms with Crippen molar-refractivity contribution in [1.29, 1.82) is 0 Å². The zero-order valence-corrected chi connectivity index (χ0v) is 11.1. The molecule has 0 aliphatic carbocycles. The van der Waals surface area contributed by atoms with E-state index >= 15 is 0 Å². The van der Waals surface area contributed by atoms with Crippen molar-refractivity contribution in [3.05, 3.63) is 11.3 Å². The van der Waals surface area contributed by atoms with Crippen molar-refractivity contribution in [1.82, 2.24) is 15.3 Å². The van der Waals surface area contributed by atoms with Gasteiger partial charge in [0.25, 0.3) is 0 Å². The highest BCUT2D eigenvalue weighted by Crippen LogP contribution is 2.30. The number of nitrogens with one attached hydrogen (secondary N) is 1. The predicted octanol–water partition coefficient (Wildman–Crippen LogP) is 0.864. The number of nitrogens with zero attached hydrogens (tertiary/aromatic N) is 3. The molecule has 2 aliphatic rings. The lowest BCUT2D eigenvalue weighted by Crippen LogP contribution is -2.40. The molecule has 2 atom stereocenters. The SMILES string of the molecule is Cc1nc(N)nc(N2C[C@@H]3CCCN[C@@H]3C2)c1C. The van der Waals surface area contributed by atoms with Gasteiger partial charge in [-0.25, -0.2) is 4.98 Å². The average molecular weight is 247 g/mol. The fraction of sp³-hybridized carbons (Fsp3) is 0.692. The van der Waals surface area contributed by atoms with Crippen LogP contribution in [0.25, 0.3) is 0 Å². The van der Waals surface area contributed by atoms with Crippen molar-refractivity contribution < 1.29 is 0 Å². The number of rotatable bonds is 1. The highest BCUT2D eigenvalue weighted by Gasteiger charge is 2.35. The van der Waals surface area contributed by atoms with Crippen LogP contribution in [-0.2, 0) is 0 Å². The van der Waals surface area contributed by atoms with Crippen LogP contribution in [0, 0.1) is 19.8 Å². The van der Waals surface area contributed by atoms with Crippen LogP contribution in [0.5, 0.6) is 0 Å². The summed E-state index contributed by atoms with van der Waals surface area (Å²) in [7, 11) is 0. The van der Waals surface area contributed by atoms with Gasteiger partial charge in [0, 0.05) is 30.4 Å². The van der Waals surface area contributed by atoms with Gasteiger partial charge in [-0.05, 0) is 39.2 Å². The highest BCUT2D eigenvalue weighted by molar-refractivity contribution is 5.52. The van der Waals surface area contributed by atoms with Crippen LogP contribution in [0.3, 0.4) is 0 Å². The number of aryl methyl sites for hydroxylation is 1. The minimum absolute atomic E-state index is 0.385. The summed E-state index contributed by atoms with van der Waals surface area (Å²) in [5.74, 6) is 2.17. The zero-order chi connectivity index (χ0) is 12.7. The Morgan fingerprint density at radius 2 is 2.11 bits per heavy atom. The van der Waals surface area contributed by atoms with Crippen LogP contribution in [0.15, 0.2) is 0 Å². The summed E-state index contributed by atoms with van der Waals surface area (Å²) in [5.41, 5.74) is 7.92. The van der Waals surface area contributed by atoms with Crippen molar-refractivity contribution in [2.24, 2.45) is 5.92 Å². The van der Waals surface area contributed by atoms with Crippen molar-refractivity contribution in [3.8, 4) is 0 Å². The van der Waals surface area contributed by atoms with E-state index in [1.54, 1.807) is 0 Å². The summed E-state index contributed by atoms with van der Waals surface area (Å²) >= 11 is 0. The van der Waals surface area contributed by atoms with Crippen molar-refractivity contribution >= 4 is 11.8 Å². The zero-order valence-electron chi connectivity index (χ0n) is 11.1. The topological polar surface area (TPSA) is 67.1 Å².